The maximum atomic E-state index is 13.3. The van der Waals surface area contributed by atoms with Crippen molar-refractivity contribution in [2.24, 2.45) is 0 Å². The predicted molar refractivity (Wildman–Crippen MR) is 111 cm³/mol. The van der Waals surface area contributed by atoms with Crippen LogP contribution in [0.4, 0.5) is 11.5 Å². The van der Waals surface area contributed by atoms with Gasteiger partial charge in [-0.1, -0.05) is 30.3 Å². The number of fused-ring (bicyclic) bond motifs is 1. The molecule has 1 aromatic heterocycles. The number of ether oxygens (including phenoxy) is 1. The molecule has 1 amide bonds. The van der Waals surface area contributed by atoms with Gasteiger partial charge in [-0.05, 0) is 55.3 Å². The molecule has 4 rings (SSSR count). The highest BCUT2D eigenvalue weighted by molar-refractivity contribution is 6.07. The van der Waals surface area contributed by atoms with Crippen LogP contribution in [0.2, 0.25) is 0 Å². The highest BCUT2D eigenvalue weighted by atomic mass is 16.5. The van der Waals surface area contributed by atoms with E-state index in [1.54, 1.807) is 19.4 Å². The fourth-order valence-corrected chi connectivity index (χ4v) is 3.78. The molecule has 2 aromatic carbocycles. The second-order valence-electron chi connectivity index (χ2n) is 6.96. The van der Waals surface area contributed by atoms with Crippen molar-refractivity contribution in [1.29, 1.82) is 0 Å². The molecular formula is C23H23N3O2. The number of hydrogen-bond donors (Lipinski definition) is 1. The van der Waals surface area contributed by atoms with Gasteiger partial charge in [0.25, 0.3) is 5.91 Å². The van der Waals surface area contributed by atoms with Crippen molar-refractivity contribution in [3.05, 3.63) is 84.1 Å². The molecule has 0 saturated carbocycles. The SMILES string of the molecule is COc1cccc(C(=O)N2c3ccccc3C(Nc3ccccn3)CC2C)c1. The molecule has 3 aromatic rings. The van der Waals surface area contributed by atoms with Gasteiger partial charge in [0.1, 0.15) is 11.6 Å². The molecule has 0 aliphatic carbocycles. The van der Waals surface area contributed by atoms with E-state index in [1.807, 2.05) is 59.5 Å². The van der Waals surface area contributed by atoms with Crippen LogP contribution in [0.1, 0.15) is 35.3 Å². The van der Waals surface area contributed by atoms with Crippen molar-refractivity contribution in [3.8, 4) is 5.75 Å². The third-order valence-electron chi connectivity index (χ3n) is 5.11. The van der Waals surface area contributed by atoms with Gasteiger partial charge in [-0.25, -0.2) is 4.98 Å². The monoisotopic (exact) mass is 373 g/mol. The number of anilines is 2. The molecule has 0 saturated heterocycles. The van der Waals surface area contributed by atoms with Gasteiger partial charge in [-0.15, -0.1) is 0 Å². The van der Waals surface area contributed by atoms with Gasteiger partial charge in [0.05, 0.1) is 13.2 Å². The number of pyridine rings is 1. The predicted octanol–water partition coefficient (Wildman–Crippen LogP) is 4.68. The van der Waals surface area contributed by atoms with Crippen LogP contribution in [-0.2, 0) is 0 Å². The van der Waals surface area contributed by atoms with E-state index in [9.17, 15) is 4.79 Å². The van der Waals surface area contributed by atoms with E-state index < -0.39 is 0 Å². The molecular weight excluding hydrogens is 350 g/mol. The average Bonchev–Trinajstić information content (AvgIpc) is 2.74. The zero-order valence-electron chi connectivity index (χ0n) is 16.0. The van der Waals surface area contributed by atoms with E-state index in [2.05, 4.69) is 23.3 Å². The van der Waals surface area contributed by atoms with E-state index in [4.69, 9.17) is 4.74 Å². The Hall–Kier alpha value is -3.34. The van der Waals surface area contributed by atoms with Crippen LogP contribution in [-0.4, -0.2) is 24.0 Å². The first-order valence-electron chi connectivity index (χ1n) is 9.41. The number of methoxy groups -OCH3 is 1. The third-order valence-corrected chi connectivity index (χ3v) is 5.11. The third kappa shape index (κ3) is 3.43. The molecule has 1 aliphatic rings. The van der Waals surface area contributed by atoms with Crippen molar-refractivity contribution in [3.63, 3.8) is 0 Å². The minimum absolute atomic E-state index is 0.0184. The second-order valence-corrected chi connectivity index (χ2v) is 6.96. The molecule has 0 bridgehead atoms. The lowest BCUT2D eigenvalue weighted by atomic mass is 9.91. The van der Waals surface area contributed by atoms with Crippen LogP contribution in [0.3, 0.4) is 0 Å². The van der Waals surface area contributed by atoms with E-state index in [0.29, 0.717) is 11.3 Å². The molecule has 0 radical (unpaired) electrons. The highest BCUT2D eigenvalue weighted by Gasteiger charge is 2.34. The van der Waals surface area contributed by atoms with Crippen LogP contribution >= 0.6 is 0 Å². The average molecular weight is 373 g/mol. The zero-order chi connectivity index (χ0) is 19.5. The van der Waals surface area contributed by atoms with Crippen LogP contribution in [0.5, 0.6) is 5.75 Å². The van der Waals surface area contributed by atoms with Crippen molar-refractivity contribution >= 4 is 17.4 Å². The minimum Gasteiger partial charge on any atom is -0.497 e. The lowest BCUT2D eigenvalue weighted by Crippen LogP contribution is -2.44. The summed E-state index contributed by atoms with van der Waals surface area (Å²) in [6.45, 7) is 2.08. The second kappa shape index (κ2) is 7.72. The molecule has 1 aliphatic heterocycles. The molecule has 2 atom stereocenters. The number of para-hydroxylation sites is 1. The van der Waals surface area contributed by atoms with Crippen LogP contribution in [0, 0.1) is 0 Å². The standard InChI is InChI=1S/C23H23N3O2/c1-16-14-20(25-22-12-5-6-13-24-22)19-10-3-4-11-21(19)26(16)23(27)17-8-7-9-18(15-17)28-2/h3-13,15-16,20H,14H2,1-2H3,(H,24,25). The number of benzene rings is 2. The van der Waals surface area contributed by atoms with Crippen molar-refractivity contribution in [2.45, 2.75) is 25.4 Å². The lowest BCUT2D eigenvalue weighted by Gasteiger charge is -2.39. The Bertz CT molecular complexity index is 974. The summed E-state index contributed by atoms with van der Waals surface area (Å²) >= 11 is 0. The Morgan fingerprint density at radius 2 is 1.93 bits per heavy atom. The normalized spacial score (nSPS) is 18.3. The molecule has 1 N–H and O–H groups in total. The number of nitrogens with zero attached hydrogens (tertiary/aromatic N) is 2. The first-order chi connectivity index (χ1) is 13.7. The molecule has 0 fully saturated rings. The largest absolute Gasteiger partial charge is 0.497 e. The first-order valence-corrected chi connectivity index (χ1v) is 9.41. The van der Waals surface area contributed by atoms with Gasteiger partial charge in [0.2, 0.25) is 0 Å². The molecule has 5 nitrogen and oxygen atoms in total. The number of nitrogens with one attached hydrogen (secondary N) is 1. The summed E-state index contributed by atoms with van der Waals surface area (Å²) in [6, 6.07) is 21.3. The van der Waals surface area contributed by atoms with Gasteiger partial charge in [-0.3, -0.25) is 4.79 Å². The zero-order valence-corrected chi connectivity index (χ0v) is 16.0. The van der Waals surface area contributed by atoms with E-state index >= 15 is 0 Å². The molecule has 0 spiro atoms. The Labute approximate surface area is 165 Å². The summed E-state index contributed by atoms with van der Waals surface area (Å²) in [5.74, 6) is 1.50. The van der Waals surface area contributed by atoms with Gasteiger partial charge in [0.15, 0.2) is 0 Å². The molecule has 2 unspecified atom stereocenters. The molecule has 142 valence electrons. The van der Waals surface area contributed by atoms with Gasteiger partial charge in [0, 0.05) is 23.5 Å². The maximum absolute atomic E-state index is 13.3. The number of carbonyl (C=O) groups is 1. The molecule has 28 heavy (non-hydrogen) atoms. The fourth-order valence-electron chi connectivity index (χ4n) is 3.78. The first kappa shape index (κ1) is 18.0. The van der Waals surface area contributed by atoms with Crippen molar-refractivity contribution in [2.75, 3.05) is 17.3 Å². The molecule has 5 heteroatoms. The maximum Gasteiger partial charge on any atom is 0.258 e. The number of amides is 1. The Kier molecular flexibility index (Phi) is 4.98. The molecule has 2 heterocycles. The van der Waals surface area contributed by atoms with E-state index in [0.717, 1.165) is 23.5 Å². The van der Waals surface area contributed by atoms with Gasteiger partial charge in [-0.2, -0.15) is 0 Å². The van der Waals surface area contributed by atoms with Crippen LogP contribution in [0.25, 0.3) is 0 Å². The lowest BCUT2D eigenvalue weighted by molar-refractivity contribution is 0.0974. The smallest absolute Gasteiger partial charge is 0.258 e. The quantitative estimate of drug-likeness (QED) is 0.721. The van der Waals surface area contributed by atoms with E-state index in [-0.39, 0.29) is 18.0 Å². The van der Waals surface area contributed by atoms with Gasteiger partial charge >= 0.3 is 0 Å². The summed E-state index contributed by atoms with van der Waals surface area (Å²) in [4.78, 5) is 19.6. The number of aromatic nitrogens is 1. The Balaban J connectivity index is 1.68. The Morgan fingerprint density at radius 3 is 2.71 bits per heavy atom. The summed E-state index contributed by atoms with van der Waals surface area (Å²) < 4.78 is 5.28. The fraction of sp³-hybridized carbons (Fsp3) is 0.217. The van der Waals surface area contributed by atoms with Crippen LogP contribution in [0.15, 0.2) is 72.9 Å². The minimum atomic E-state index is -0.0184. The number of rotatable bonds is 4. The number of carbonyl (C=O) groups excluding carboxylic acids is 1. The Morgan fingerprint density at radius 1 is 1.11 bits per heavy atom. The summed E-state index contributed by atoms with van der Waals surface area (Å²) in [5, 5.41) is 3.52. The summed E-state index contributed by atoms with van der Waals surface area (Å²) in [7, 11) is 1.61. The number of hydrogen-bond acceptors (Lipinski definition) is 4. The van der Waals surface area contributed by atoms with Crippen molar-refractivity contribution in [1.82, 2.24) is 4.98 Å². The summed E-state index contributed by atoms with van der Waals surface area (Å²) in [5.41, 5.74) is 2.65. The summed E-state index contributed by atoms with van der Waals surface area (Å²) in [6.07, 6.45) is 2.57. The topological polar surface area (TPSA) is 54.5 Å². The highest BCUT2D eigenvalue weighted by Crippen LogP contribution is 2.39. The van der Waals surface area contributed by atoms with Crippen molar-refractivity contribution < 1.29 is 9.53 Å². The van der Waals surface area contributed by atoms with Crippen LogP contribution < -0.4 is 15.0 Å². The van der Waals surface area contributed by atoms with E-state index in [1.165, 1.54) is 0 Å². The van der Waals surface area contributed by atoms with Gasteiger partial charge < -0.3 is 15.0 Å².